The van der Waals surface area contributed by atoms with Crippen LogP contribution in [0.3, 0.4) is 0 Å². The molecule has 2 N–H and O–H groups in total. The molecule has 0 saturated carbocycles. The molecule has 1 heterocycles. The van der Waals surface area contributed by atoms with Gasteiger partial charge in [-0.15, -0.1) is 0 Å². The average Bonchev–Trinajstić information content (AvgIpc) is 2.51. The normalized spacial score (nSPS) is 19.7. The van der Waals surface area contributed by atoms with Crippen molar-refractivity contribution in [3.63, 3.8) is 0 Å². The third kappa shape index (κ3) is 2.14. The van der Waals surface area contributed by atoms with Gasteiger partial charge >= 0.3 is 5.63 Å². The second-order valence-electron chi connectivity index (χ2n) is 5.75. The van der Waals surface area contributed by atoms with Crippen molar-refractivity contribution in [2.75, 3.05) is 7.11 Å². The van der Waals surface area contributed by atoms with Crippen molar-refractivity contribution < 1.29 is 19.4 Å². The van der Waals surface area contributed by atoms with E-state index >= 15 is 0 Å². The Labute approximate surface area is 127 Å². The minimum Gasteiger partial charge on any atom is -0.497 e. The zero-order chi connectivity index (χ0) is 16.0. The predicted octanol–water partition coefficient (Wildman–Crippen LogP) is 2.52. The summed E-state index contributed by atoms with van der Waals surface area (Å²) in [5, 5.41) is 20.9. The van der Waals surface area contributed by atoms with E-state index in [1.165, 1.54) is 6.07 Å². The lowest BCUT2D eigenvalue weighted by molar-refractivity contribution is 0.0134. The van der Waals surface area contributed by atoms with Crippen LogP contribution in [-0.2, 0) is 0 Å². The van der Waals surface area contributed by atoms with E-state index in [2.05, 4.69) is 0 Å². The lowest BCUT2D eigenvalue weighted by atomic mass is 9.80. The molecule has 0 unspecified atom stereocenters. The number of methoxy groups -OCH3 is 1. The molecule has 1 aromatic carbocycles. The van der Waals surface area contributed by atoms with E-state index in [-0.39, 0.29) is 5.92 Å². The number of aliphatic hydroxyl groups is 2. The van der Waals surface area contributed by atoms with Crippen molar-refractivity contribution in [1.29, 1.82) is 0 Å². The molecule has 22 heavy (non-hydrogen) atoms. The average molecular weight is 302 g/mol. The van der Waals surface area contributed by atoms with Gasteiger partial charge in [0.05, 0.1) is 7.11 Å². The molecular formula is C17H18O5. The van der Waals surface area contributed by atoms with Crippen molar-refractivity contribution in [2.24, 2.45) is 0 Å². The van der Waals surface area contributed by atoms with Gasteiger partial charge in [-0.1, -0.05) is 19.9 Å². The molecule has 0 radical (unpaired) electrons. The molecule has 1 aliphatic carbocycles. The number of hydrogen-bond donors (Lipinski definition) is 2. The molecule has 1 aromatic heterocycles. The maximum atomic E-state index is 11.9. The molecule has 2 aromatic rings. The van der Waals surface area contributed by atoms with Crippen molar-refractivity contribution in [3.05, 3.63) is 51.6 Å². The fourth-order valence-electron chi connectivity index (χ4n) is 2.96. The molecule has 0 spiro atoms. The highest BCUT2D eigenvalue weighted by Crippen LogP contribution is 2.47. The van der Waals surface area contributed by atoms with Crippen LogP contribution in [0.1, 0.15) is 48.9 Å². The second-order valence-corrected chi connectivity index (χ2v) is 5.75. The molecule has 0 fully saturated rings. The zero-order valence-electron chi connectivity index (χ0n) is 12.7. The number of benzene rings is 1. The summed E-state index contributed by atoms with van der Waals surface area (Å²) in [5.41, 5.74) is 1.84. The van der Waals surface area contributed by atoms with Crippen LogP contribution >= 0.6 is 0 Å². The van der Waals surface area contributed by atoms with Crippen molar-refractivity contribution >= 4 is 0 Å². The smallest absolute Gasteiger partial charge is 0.336 e. The number of aliphatic hydroxyl groups excluding tert-OH is 2. The number of fused-ring (bicyclic) bond motifs is 3. The van der Waals surface area contributed by atoms with Crippen LogP contribution in [0.5, 0.6) is 5.75 Å². The van der Waals surface area contributed by atoms with Crippen LogP contribution in [0.25, 0.3) is 11.1 Å². The fraction of sp³-hybridized carbons (Fsp3) is 0.353. The van der Waals surface area contributed by atoms with Crippen molar-refractivity contribution in [1.82, 2.24) is 0 Å². The van der Waals surface area contributed by atoms with Gasteiger partial charge in [0.25, 0.3) is 0 Å². The lowest BCUT2D eigenvalue weighted by Gasteiger charge is -2.30. The topological polar surface area (TPSA) is 79.9 Å². The minimum absolute atomic E-state index is 0.0864. The molecule has 5 heteroatoms. The third-order valence-corrected chi connectivity index (χ3v) is 4.02. The number of rotatable bonds is 2. The standard InChI is InChI=1S/C17H18O5/c1-8(2)17-14-12(7-13(18)22-17)11-6-9(21-3)4-5-10(11)15(19)16(14)20/h4-8,15-16,19-20H,1-3H3/t15-,16-/m1/s1. The van der Waals surface area contributed by atoms with E-state index in [4.69, 9.17) is 9.15 Å². The lowest BCUT2D eigenvalue weighted by Crippen LogP contribution is -2.21. The van der Waals surface area contributed by atoms with Gasteiger partial charge in [0.2, 0.25) is 0 Å². The number of hydrogen-bond acceptors (Lipinski definition) is 5. The van der Waals surface area contributed by atoms with Crippen LogP contribution in [0, 0.1) is 0 Å². The van der Waals surface area contributed by atoms with Gasteiger partial charge in [0, 0.05) is 17.5 Å². The third-order valence-electron chi connectivity index (χ3n) is 4.02. The van der Waals surface area contributed by atoms with Crippen molar-refractivity contribution in [3.8, 4) is 16.9 Å². The van der Waals surface area contributed by atoms with E-state index in [1.54, 1.807) is 25.3 Å². The minimum atomic E-state index is -1.13. The van der Waals surface area contributed by atoms with Crippen LogP contribution in [0.4, 0.5) is 0 Å². The summed E-state index contributed by atoms with van der Waals surface area (Å²) < 4.78 is 10.5. The first-order chi connectivity index (χ1) is 10.4. The second kappa shape index (κ2) is 5.26. The SMILES string of the molecule is COc1ccc2c(c1)-c1cc(=O)oc(C(C)C)c1[C@@H](O)[C@@H]2O. The van der Waals surface area contributed by atoms with Crippen LogP contribution in [0.2, 0.25) is 0 Å². The Morgan fingerprint density at radius 1 is 1.14 bits per heavy atom. The monoisotopic (exact) mass is 302 g/mol. The predicted molar refractivity (Wildman–Crippen MR) is 81.0 cm³/mol. The Balaban J connectivity index is 2.37. The molecule has 116 valence electrons. The van der Waals surface area contributed by atoms with Gasteiger partial charge in [-0.2, -0.15) is 0 Å². The van der Waals surface area contributed by atoms with Crippen LogP contribution in [0.15, 0.2) is 33.5 Å². The highest BCUT2D eigenvalue weighted by Gasteiger charge is 2.35. The molecule has 0 amide bonds. The summed E-state index contributed by atoms with van der Waals surface area (Å²) in [6.45, 7) is 3.75. The van der Waals surface area contributed by atoms with Gasteiger partial charge in [-0.25, -0.2) is 4.79 Å². The van der Waals surface area contributed by atoms with Gasteiger partial charge in [0.1, 0.15) is 23.7 Å². The van der Waals surface area contributed by atoms with E-state index < -0.39 is 17.8 Å². The molecule has 1 aliphatic rings. The molecule has 2 atom stereocenters. The summed E-state index contributed by atoms with van der Waals surface area (Å²) in [6.07, 6.45) is -2.20. The van der Waals surface area contributed by atoms with Gasteiger partial charge in [-0.05, 0) is 28.8 Å². The van der Waals surface area contributed by atoms with E-state index in [0.717, 1.165) is 0 Å². The maximum absolute atomic E-state index is 11.9. The summed E-state index contributed by atoms with van der Waals surface area (Å²) in [5.74, 6) is 0.937. The van der Waals surface area contributed by atoms with Crippen LogP contribution < -0.4 is 10.4 Å². The Hall–Kier alpha value is -2.11. The summed E-state index contributed by atoms with van der Waals surface area (Å²) in [6, 6.07) is 6.53. The number of ether oxygens (including phenoxy) is 1. The first-order valence-electron chi connectivity index (χ1n) is 7.16. The Kier molecular flexibility index (Phi) is 3.54. The molecular weight excluding hydrogens is 284 g/mol. The molecule has 5 nitrogen and oxygen atoms in total. The molecule has 0 saturated heterocycles. The van der Waals surface area contributed by atoms with Gasteiger partial charge in [-0.3, -0.25) is 0 Å². The zero-order valence-corrected chi connectivity index (χ0v) is 12.7. The Morgan fingerprint density at radius 2 is 1.86 bits per heavy atom. The van der Waals surface area contributed by atoms with Gasteiger partial charge in [0.15, 0.2) is 0 Å². The van der Waals surface area contributed by atoms with Gasteiger partial charge < -0.3 is 19.4 Å². The Morgan fingerprint density at radius 3 is 2.50 bits per heavy atom. The molecule has 0 aliphatic heterocycles. The first kappa shape index (κ1) is 14.8. The summed E-state index contributed by atoms with van der Waals surface area (Å²) in [4.78, 5) is 11.9. The maximum Gasteiger partial charge on any atom is 0.336 e. The van der Waals surface area contributed by atoms with Crippen LogP contribution in [-0.4, -0.2) is 17.3 Å². The fourth-order valence-corrected chi connectivity index (χ4v) is 2.96. The molecule has 0 bridgehead atoms. The van der Waals surface area contributed by atoms with E-state index in [1.807, 2.05) is 13.8 Å². The van der Waals surface area contributed by atoms with Crippen molar-refractivity contribution in [2.45, 2.75) is 32.0 Å². The largest absolute Gasteiger partial charge is 0.497 e. The summed E-state index contributed by atoms with van der Waals surface area (Å²) >= 11 is 0. The molecule has 3 rings (SSSR count). The van der Waals surface area contributed by atoms with E-state index in [9.17, 15) is 15.0 Å². The summed E-state index contributed by atoms with van der Waals surface area (Å²) in [7, 11) is 1.55. The highest BCUT2D eigenvalue weighted by molar-refractivity contribution is 5.76. The Bertz CT molecular complexity index is 775. The quantitative estimate of drug-likeness (QED) is 0.891. The van der Waals surface area contributed by atoms with E-state index in [0.29, 0.717) is 33.8 Å². The highest BCUT2D eigenvalue weighted by atomic mass is 16.5. The first-order valence-corrected chi connectivity index (χ1v) is 7.16.